The number of hydrogen-bond acceptors (Lipinski definition) is 3. The molecule has 108 valence electrons. The molecule has 1 aliphatic carbocycles. The molecule has 0 atom stereocenters. The number of benzene rings is 1. The number of anilines is 1. The summed E-state index contributed by atoms with van der Waals surface area (Å²) >= 11 is 0. The van der Waals surface area contributed by atoms with Crippen molar-refractivity contribution >= 4 is 17.7 Å². The third-order valence-electron chi connectivity index (χ3n) is 3.96. The Morgan fingerprint density at radius 3 is 2.70 bits per heavy atom. The normalized spacial score (nSPS) is 16.3. The summed E-state index contributed by atoms with van der Waals surface area (Å²) in [5, 5.41) is 8.53. The molecule has 1 saturated carbocycles. The van der Waals surface area contributed by atoms with Crippen LogP contribution in [0.25, 0.3) is 6.08 Å². The van der Waals surface area contributed by atoms with Crippen LogP contribution in [0, 0.1) is 0 Å². The minimum Gasteiger partial charge on any atom is -0.371 e. The topological polar surface area (TPSA) is 52.6 Å². The lowest BCUT2D eigenvalue weighted by Gasteiger charge is -2.33. The number of carbonyl (C=O) groups excluding carboxylic acids is 1. The maximum absolute atomic E-state index is 11.1. The predicted molar refractivity (Wildman–Crippen MR) is 80.7 cm³/mol. The van der Waals surface area contributed by atoms with Gasteiger partial charge >= 0.3 is 0 Å². The van der Waals surface area contributed by atoms with E-state index in [1.165, 1.54) is 38.2 Å². The van der Waals surface area contributed by atoms with Crippen LogP contribution < -0.4 is 10.4 Å². The van der Waals surface area contributed by atoms with Gasteiger partial charge in [0.25, 0.3) is 5.91 Å². The number of hydroxylamine groups is 1. The summed E-state index contributed by atoms with van der Waals surface area (Å²) in [5.41, 5.74) is 3.72. The van der Waals surface area contributed by atoms with Crippen LogP contribution in [0.3, 0.4) is 0 Å². The molecule has 4 heteroatoms. The number of nitrogens with one attached hydrogen (secondary N) is 1. The molecule has 0 heterocycles. The van der Waals surface area contributed by atoms with Crippen LogP contribution in [0.15, 0.2) is 30.3 Å². The van der Waals surface area contributed by atoms with E-state index in [0.29, 0.717) is 6.04 Å². The number of carbonyl (C=O) groups is 1. The lowest BCUT2D eigenvalue weighted by Crippen LogP contribution is -2.33. The quantitative estimate of drug-likeness (QED) is 0.504. The molecule has 0 saturated heterocycles. The number of para-hydroxylation sites is 1. The summed E-state index contributed by atoms with van der Waals surface area (Å²) in [6.07, 6.45) is 9.45. The molecule has 0 radical (unpaired) electrons. The first kappa shape index (κ1) is 14.6. The first-order valence-electron chi connectivity index (χ1n) is 7.16. The molecule has 2 N–H and O–H groups in total. The zero-order valence-electron chi connectivity index (χ0n) is 11.9. The van der Waals surface area contributed by atoms with Gasteiger partial charge in [-0.15, -0.1) is 0 Å². The molecular formula is C16H22N2O2. The molecule has 1 aliphatic rings. The first-order valence-corrected chi connectivity index (χ1v) is 7.16. The van der Waals surface area contributed by atoms with Gasteiger partial charge in [0.05, 0.1) is 0 Å². The second-order valence-corrected chi connectivity index (χ2v) is 5.27. The van der Waals surface area contributed by atoms with Crippen molar-refractivity contribution in [1.29, 1.82) is 0 Å². The number of nitrogens with zero attached hydrogens (tertiary/aromatic N) is 1. The SMILES string of the molecule is CN(c1ccccc1/C=C/C(=O)NO)C1CCCCC1. The molecule has 1 aromatic rings. The van der Waals surface area contributed by atoms with Crippen molar-refractivity contribution in [1.82, 2.24) is 5.48 Å². The van der Waals surface area contributed by atoms with Gasteiger partial charge in [0, 0.05) is 24.9 Å². The highest BCUT2D eigenvalue weighted by molar-refractivity contribution is 5.91. The van der Waals surface area contributed by atoms with Crippen LogP contribution in [0.1, 0.15) is 37.7 Å². The number of amides is 1. The fourth-order valence-corrected chi connectivity index (χ4v) is 2.82. The largest absolute Gasteiger partial charge is 0.371 e. The Morgan fingerprint density at radius 2 is 2.00 bits per heavy atom. The van der Waals surface area contributed by atoms with Gasteiger partial charge in [0.15, 0.2) is 0 Å². The fraction of sp³-hybridized carbons (Fsp3) is 0.438. The average Bonchev–Trinajstić information content (AvgIpc) is 2.53. The van der Waals surface area contributed by atoms with Crippen molar-refractivity contribution in [2.24, 2.45) is 0 Å². The van der Waals surface area contributed by atoms with Crippen LogP contribution in [-0.2, 0) is 4.79 Å². The van der Waals surface area contributed by atoms with E-state index >= 15 is 0 Å². The molecule has 0 aliphatic heterocycles. The summed E-state index contributed by atoms with van der Waals surface area (Å²) in [7, 11) is 2.12. The summed E-state index contributed by atoms with van der Waals surface area (Å²) < 4.78 is 0. The maximum Gasteiger partial charge on any atom is 0.267 e. The Morgan fingerprint density at radius 1 is 1.30 bits per heavy atom. The summed E-state index contributed by atoms with van der Waals surface area (Å²) in [4.78, 5) is 13.4. The Kier molecular flexibility index (Phi) is 5.18. The second-order valence-electron chi connectivity index (χ2n) is 5.27. The van der Waals surface area contributed by atoms with Gasteiger partial charge in [-0.05, 0) is 30.5 Å². The molecule has 0 bridgehead atoms. The van der Waals surface area contributed by atoms with Crippen LogP contribution >= 0.6 is 0 Å². The Hall–Kier alpha value is -1.81. The van der Waals surface area contributed by atoms with E-state index in [-0.39, 0.29) is 0 Å². The predicted octanol–water partition coefficient (Wildman–Crippen LogP) is 2.97. The van der Waals surface area contributed by atoms with Crippen molar-refractivity contribution in [3.8, 4) is 0 Å². The molecule has 0 unspecified atom stereocenters. The van der Waals surface area contributed by atoms with E-state index in [0.717, 1.165) is 11.3 Å². The zero-order chi connectivity index (χ0) is 14.4. The van der Waals surface area contributed by atoms with E-state index in [1.54, 1.807) is 11.6 Å². The van der Waals surface area contributed by atoms with Gasteiger partial charge in [-0.3, -0.25) is 10.0 Å². The molecule has 1 amide bonds. The zero-order valence-corrected chi connectivity index (χ0v) is 11.9. The molecule has 2 rings (SSSR count). The highest BCUT2D eigenvalue weighted by Crippen LogP contribution is 2.28. The van der Waals surface area contributed by atoms with Crippen LogP contribution in [0.2, 0.25) is 0 Å². The van der Waals surface area contributed by atoms with E-state index in [9.17, 15) is 4.79 Å². The van der Waals surface area contributed by atoms with Gasteiger partial charge in [-0.2, -0.15) is 0 Å². The van der Waals surface area contributed by atoms with E-state index in [2.05, 4.69) is 18.0 Å². The maximum atomic E-state index is 11.1. The molecule has 20 heavy (non-hydrogen) atoms. The van der Waals surface area contributed by atoms with E-state index in [4.69, 9.17) is 5.21 Å². The lowest BCUT2D eigenvalue weighted by molar-refractivity contribution is -0.124. The molecule has 0 spiro atoms. The molecular weight excluding hydrogens is 252 g/mol. The smallest absolute Gasteiger partial charge is 0.267 e. The lowest BCUT2D eigenvalue weighted by atomic mass is 9.93. The molecule has 0 aromatic heterocycles. The summed E-state index contributed by atoms with van der Waals surface area (Å²) in [5.74, 6) is -0.514. The first-order chi connectivity index (χ1) is 9.72. The minimum atomic E-state index is -0.514. The van der Waals surface area contributed by atoms with Crippen molar-refractivity contribution in [3.05, 3.63) is 35.9 Å². The standard InChI is InChI=1S/C16H22N2O2/c1-18(14-8-3-2-4-9-14)15-10-6-5-7-13(15)11-12-16(19)17-20/h5-7,10-12,14,20H,2-4,8-9H2,1H3,(H,17,19)/b12-11+. The summed E-state index contributed by atoms with van der Waals surface area (Å²) in [6.45, 7) is 0. The molecule has 1 aromatic carbocycles. The van der Waals surface area contributed by atoms with Crippen molar-refractivity contribution in [3.63, 3.8) is 0 Å². The van der Waals surface area contributed by atoms with E-state index in [1.807, 2.05) is 18.2 Å². The summed E-state index contributed by atoms with van der Waals surface area (Å²) in [6, 6.07) is 8.60. The van der Waals surface area contributed by atoms with Crippen molar-refractivity contribution in [2.75, 3.05) is 11.9 Å². The van der Waals surface area contributed by atoms with Gasteiger partial charge < -0.3 is 4.90 Å². The van der Waals surface area contributed by atoms with Crippen molar-refractivity contribution in [2.45, 2.75) is 38.1 Å². The third kappa shape index (κ3) is 3.61. The second kappa shape index (κ2) is 7.10. The van der Waals surface area contributed by atoms with Gasteiger partial charge in [0.2, 0.25) is 0 Å². The Labute approximate surface area is 120 Å². The average molecular weight is 274 g/mol. The monoisotopic (exact) mass is 274 g/mol. The van der Waals surface area contributed by atoms with Gasteiger partial charge in [0.1, 0.15) is 0 Å². The molecule has 1 fully saturated rings. The fourth-order valence-electron chi connectivity index (χ4n) is 2.82. The van der Waals surface area contributed by atoms with Crippen molar-refractivity contribution < 1.29 is 10.0 Å². The van der Waals surface area contributed by atoms with Gasteiger partial charge in [-0.25, -0.2) is 5.48 Å². The van der Waals surface area contributed by atoms with E-state index < -0.39 is 5.91 Å². The minimum absolute atomic E-state index is 0.514. The number of hydrogen-bond donors (Lipinski definition) is 2. The Balaban J connectivity index is 2.18. The number of rotatable bonds is 4. The highest BCUT2D eigenvalue weighted by Gasteiger charge is 2.19. The van der Waals surface area contributed by atoms with Gasteiger partial charge in [-0.1, -0.05) is 37.5 Å². The van der Waals surface area contributed by atoms with Crippen LogP contribution in [0.5, 0.6) is 0 Å². The molecule has 4 nitrogen and oxygen atoms in total. The highest BCUT2D eigenvalue weighted by atomic mass is 16.5. The van der Waals surface area contributed by atoms with Crippen LogP contribution in [-0.4, -0.2) is 24.2 Å². The Bertz CT molecular complexity index is 479. The third-order valence-corrected chi connectivity index (χ3v) is 3.96. The van der Waals surface area contributed by atoms with Crippen LogP contribution in [0.4, 0.5) is 5.69 Å².